The smallest absolute Gasteiger partial charge is 0.453 e. The number of phenolic OH excluding ortho intramolecular Hbond substituents is 1. The number of hydrogen-bond acceptors (Lipinski definition) is 4. The summed E-state index contributed by atoms with van der Waals surface area (Å²) in [5.74, 6) is -1.49. The highest BCUT2D eigenvalue weighted by molar-refractivity contribution is 7.99. The molecule has 3 aliphatic rings. The molecule has 2 aromatic carbocycles. The van der Waals surface area contributed by atoms with Gasteiger partial charge in [0.25, 0.3) is 0 Å². The number of halogens is 5. The number of aromatic hydroxyl groups is 1. The van der Waals surface area contributed by atoms with E-state index in [0.29, 0.717) is 35.2 Å². The molecular formula is C35H46F5NO2S. The number of thioether (sulfide) groups is 1. The number of aliphatic hydroxyl groups excluding tert-OH is 1. The minimum atomic E-state index is -5.46. The van der Waals surface area contributed by atoms with Crippen LogP contribution >= 0.6 is 11.8 Å². The van der Waals surface area contributed by atoms with Crippen LogP contribution < -0.4 is 0 Å². The van der Waals surface area contributed by atoms with Gasteiger partial charge < -0.3 is 15.1 Å². The first-order valence-electron chi connectivity index (χ1n) is 16.1. The van der Waals surface area contributed by atoms with Gasteiger partial charge in [-0.25, -0.2) is 0 Å². The van der Waals surface area contributed by atoms with Gasteiger partial charge in [-0.2, -0.15) is 33.7 Å². The average molecular weight is 640 g/mol. The lowest BCUT2D eigenvalue weighted by atomic mass is 9.51. The number of nitrogens with zero attached hydrogens (tertiary/aromatic N) is 1. The fraction of sp³-hybridized carbons (Fsp3) is 0.657. The number of alkyl halides is 5. The number of phenols is 1. The lowest BCUT2D eigenvalue weighted by Crippen LogP contribution is -2.47. The van der Waals surface area contributed by atoms with Gasteiger partial charge in [-0.1, -0.05) is 37.3 Å². The normalized spacial score (nSPS) is 28.5. The minimum absolute atomic E-state index is 0.0753. The highest BCUT2D eigenvalue weighted by Crippen LogP contribution is 2.65. The molecule has 2 N–H and O–H groups in total. The molecule has 0 spiro atoms. The zero-order valence-corrected chi connectivity index (χ0v) is 26.6. The van der Waals surface area contributed by atoms with Crippen molar-refractivity contribution in [2.75, 3.05) is 31.6 Å². The molecule has 0 bridgehead atoms. The quantitative estimate of drug-likeness (QED) is 0.180. The van der Waals surface area contributed by atoms with Crippen molar-refractivity contribution in [1.29, 1.82) is 0 Å². The minimum Gasteiger partial charge on any atom is -0.508 e. The largest absolute Gasteiger partial charge is 0.508 e. The number of aryl methyl sites for hydroxylation is 1. The van der Waals surface area contributed by atoms with Crippen LogP contribution in [0.25, 0.3) is 0 Å². The van der Waals surface area contributed by atoms with Crippen LogP contribution in [0.2, 0.25) is 0 Å². The Balaban J connectivity index is 1.14. The maximum absolute atomic E-state index is 13.0. The van der Waals surface area contributed by atoms with Gasteiger partial charge in [-0.05, 0) is 140 Å². The highest BCUT2D eigenvalue weighted by Gasteiger charge is 2.58. The van der Waals surface area contributed by atoms with E-state index in [-0.39, 0.29) is 17.9 Å². The predicted molar refractivity (Wildman–Crippen MR) is 167 cm³/mol. The molecule has 2 aromatic rings. The molecule has 0 aromatic heterocycles. The number of likely N-dealkylation sites (N-methyl/N-ethyl adjacent to an activating group) is 1. The van der Waals surface area contributed by atoms with Gasteiger partial charge in [-0.15, -0.1) is 0 Å². The van der Waals surface area contributed by atoms with Gasteiger partial charge >= 0.3 is 12.1 Å². The second kappa shape index (κ2) is 13.5. The number of rotatable bonds is 12. The summed E-state index contributed by atoms with van der Waals surface area (Å²) < 4.78 is 62.8. The van der Waals surface area contributed by atoms with Gasteiger partial charge in [0, 0.05) is 13.0 Å². The summed E-state index contributed by atoms with van der Waals surface area (Å²) in [7, 11) is 2.05. The molecule has 9 heteroatoms. The van der Waals surface area contributed by atoms with Crippen molar-refractivity contribution >= 4 is 11.8 Å². The summed E-state index contributed by atoms with van der Waals surface area (Å²) in [5.41, 5.74) is 5.14. The molecule has 0 amide bonds. The van der Waals surface area contributed by atoms with Crippen molar-refractivity contribution in [3.05, 3.63) is 64.7 Å². The van der Waals surface area contributed by atoms with E-state index >= 15 is 0 Å². The molecule has 2 saturated carbocycles. The first-order chi connectivity index (χ1) is 20.8. The molecule has 2 fully saturated rings. The number of benzene rings is 2. The number of fused-ring (bicyclic) bond motifs is 5. The Bertz CT molecular complexity index is 1250. The van der Waals surface area contributed by atoms with Crippen LogP contribution in [0.5, 0.6) is 5.75 Å². The summed E-state index contributed by atoms with van der Waals surface area (Å²) >= 11 is 1.43. The van der Waals surface area contributed by atoms with Crippen LogP contribution in [-0.2, 0) is 12.8 Å². The molecule has 0 aliphatic heterocycles. The molecule has 0 heterocycles. The molecule has 3 nitrogen and oxygen atoms in total. The summed E-state index contributed by atoms with van der Waals surface area (Å²) in [4.78, 5) is 2.23. The first-order valence-corrected chi connectivity index (χ1v) is 17.2. The molecule has 5 unspecified atom stereocenters. The third-order valence-electron chi connectivity index (χ3n) is 10.9. The van der Waals surface area contributed by atoms with Crippen molar-refractivity contribution < 1.29 is 32.2 Å². The number of hydrogen-bond donors (Lipinski definition) is 2. The fourth-order valence-electron chi connectivity index (χ4n) is 8.43. The van der Waals surface area contributed by atoms with Crippen molar-refractivity contribution in [3.8, 4) is 5.75 Å². The molecule has 44 heavy (non-hydrogen) atoms. The molecule has 0 radical (unpaired) electrons. The monoisotopic (exact) mass is 639 g/mol. The Morgan fingerprint density at radius 3 is 2.41 bits per heavy atom. The Labute approximate surface area is 262 Å². The van der Waals surface area contributed by atoms with Gasteiger partial charge in [0.2, 0.25) is 0 Å². The molecule has 6 atom stereocenters. The maximum Gasteiger partial charge on any atom is 0.453 e. The third kappa shape index (κ3) is 7.10. The Kier molecular flexibility index (Phi) is 10.3. The lowest BCUT2D eigenvalue weighted by Gasteiger charge is -2.54. The zero-order valence-electron chi connectivity index (χ0n) is 25.8. The van der Waals surface area contributed by atoms with Crippen molar-refractivity contribution in [2.45, 2.75) is 94.7 Å². The second-order valence-electron chi connectivity index (χ2n) is 13.7. The molecule has 0 saturated heterocycles. The van der Waals surface area contributed by atoms with Crippen LogP contribution in [0.4, 0.5) is 22.0 Å². The summed E-state index contributed by atoms with van der Waals surface area (Å²) in [6.07, 6.45) is -0.266. The predicted octanol–water partition coefficient (Wildman–Crippen LogP) is 8.58. The van der Waals surface area contributed by atoms with E-state index in [4.69, 9.17) is 0 Å². The maximum atomic E-state index is 13.0. The van der Waals surface area contributed by atoms with E-state index in [0.717, 1.165) is 63.8 Å². The molecular weight excluding hydrogens is 593 g/mol. The van der Waals surface area contributed by atoms with E-state index in [1.807, 2.05) is 19.2 Å². The van der Waals surface area contributed by atoms with Crippen molar-refractivity contribution in [3.63, 3.8) is 0 Å². The highest BCUT2D eigenvalue weighted by atomic mass is 32.2. The topological polar surface area (TPSA) is 43.7 Å². The fourth-order valence-corrected chi connectivity index (χ4v) is 9.32. The Morgan fingerprint density at radius 2 is 1.68 bits per heavy atom. The molecule has 244 valence electrons. The summed E-state index contributed by atoms with van der Waals surface area (Å²) in [6.45, 7) is 4.02. The molecule has 5 rings (SSSR count). The van der Waals surface area contributed by atoms with Crippen LogP contribution in [0.1, 0.15) is 86.0 Å². The van der Waals surface area contributed by atoms with Crippen LogP contribution in [-0.4, -0.2) is 65.0 Å². The molecule has 3 aliphatic carbocycles. The van der Waals surface area contributed by atoms with Gasteiger partial charge in [0.1, 0.15) is 5.75 Å². The first kappa shape index (κ1) is 33.5. The van der Waals surface area contributed by atoms with E-state index in [9.17, 15) is 32.2 Å². The van der Waals surface area contributed by atoms with E-state index < -0.39 is 18.5 Å². The SMILES string of the molecule is CN(CCCSCCCC(F)(F)C(F)(F)F)CCc1ccc([C@H]2CC3(C)C(O)CCC3C3CCc4cc(O)ccc4C32)cc1. The standard InChI is InChI=1S/C35H46F5NO2S/c1-33-22-29(32-27-12-10-26(42)21-25(27)9-11-28(32)30(33)13-14-31(33)43)24-7-5-23(6-8-24)15-18-41(2)17-4-20-44-19-3-16-34(36,37)35(38,39)40/h5-8,10,12,21,28-32,42-43H,3-4,9,11,13-20,22H2,1-2H3/t28?,29-,30?,31?,32?,33?/m1/s1. The third-order valence-corrected chi connectivity index (χ3v) is 12.0. The van der Waals surface area contributed by atoms with Gasteiger partial charge in [0.05, 0.1) is 6.10 Å². The number of aliphatic hydroxyl groups is 1. The van der Waals surface area contributed by atoms with Crippen LogP contribution in [0, 0.1) is 17.3 Å². The Morgan fingerprint density at radius 1 is 0.955 bits per heavy atom. The van der Waals surface area contributed by atoms with Crippen molar-refractivity contribution in [2.24, 2.45) is 17.3 Å². The average Bonchev–Trinajstić information content (AvgIpc) is 3.28. The van der Waals surface area contributed by atoms with E-state index in [1.165, 1.54) is 34.0 Å². The summed E-state index contributed by atoms with van der Waals surface area (Å²) in [6, 6.07) is 14.9. The van der Waals surface area contributed by atoms with Gasteiger partial charge in [-0.3, -0.25) is 0 Å². The lowest BCUT2D eigenvalue weighted by molar-refractivity contribution is -0.284. The van der Waals surface area contributed by atoms with Crippen molar-refractivity contribution in [1.82, 2.24) is 4.90 Å². The second-order valence-corrected chi connectivity index (χ2v) is 14.9. The Hall–Kier alpha value is -1.84. The summed E-state index contributed by atoms with van der Waals surface area (Å²) in [5, 5.41) is 21.3. The van der Waals surface area contributed by atoms with E-state index in [1.54, 1.807) is 0 Å². The van der Waals surface area contributed by atoms with Crippen LogP contribution in [0.3, 0.4) is 0 Å². The van der Waals surface area contributed by atoms with Crippen LogP contribution in [0.15, 0.2) is 42.5 Å². The van der Waals surface area contributed by atoms with E-state index in [2.05, 4.69) is 42.2 Å². The van der Waals surface area contributed by atoms with Gasteiger partial charge in [0.15, 0.2) is 0 Å². The zero-order chi connectivity index (χ0) is 31.7.